The Morgan fingerprint density at radius 3 is 2.77 bits per heavy atom. The third-order valence-electron chi connectivity index (χ3n) is 2.18. The lowest BCUT2D eigenvalue weighted by Gasteiger charge is -2.26. The maximum atomic E-state index is 10.9. The fourth-order valence-corrected chi connectivity index (χ4v) is 1.44. The molecule has 0 aliphatic carbocycles. The summed E-state index contributed by atoms with van der Waals surface area (Å²) in [5.74, 6) is -0.788. The number of carboxylic acids is 1. The number of aliphatic carboxylic acids is 1. The molecule has 0 bridgehead atoms. The third kappa shape index (κ3) is 2.14. The number of hydrogen-bond donors (Lipinski definition) is 1. The molecule has 1 aliphatic heterocycles. The maximum absolute atomic E-state index is 10.9. The van der Waals surface area contributed by atoms with Crippen LogP contribution in [0.25, 0.3) is 0 Å². The summed E-state index contributed by atoms with van der Waals surface area (Å²) < 4.78 is 0. The van der Waals surface area contributed by atoms with Crippen LogP contribution >= 0.6 is 0 Å². The molecule has 0 amide bonds. The molecule has 0 aromatic rings. The van der Waals surface area contributed by atoms with Crippen LogP contribution in [-0.2, 0) is 4.79 Å². The molecule has 0 aromatic heterocycles. The van der Waals surface area contributed by atoms with Crippen LogP contribution < -0.4 is 0 Å². The number of hydrogen-bond acceptors (Lipinski definition) is 3. The molecule has 74 valence electrons. The van der Waals surface area contributed by atoms with Crippen LogP contribution in [0.1, 0.15) is 19.8 Å². The average molecular weight is 184 g/mol. The summed E-state index contributed by atoms with van der Waals surface area (Å²) in [6, 6.07) is 0. The molecule has 4 heteroatoms. The highest BCUT2D eigenvalue weighted by Crippen LogP contribution is 2.14. The van der Waals surface area contributed by atoms with Gasteiger partial charge in [0.15, 0.2) is 0 Å². The first-order valence-corrected chi connectivity index (χ1v) is 4.55. The zero-order valence-corrected chi connectivity index (χ0v) is 8.10. The van der Waals surface area contributed by atoms with Gasteiger partial charge in [0, 0.05) is 26.0 Å². The Labute approximate surface area is 78.4 Å². The topological polar surface area (TPSA) is 43.8 Å². The first kappa shape index (κ1) is 9.89. The van der Waals surface area contributed by atoms with Crippen molar-refractivity contribution in [1.82, 2.24) is 9.80 Å². The molecule has 1 rings (SSSR count). The summed E-state index contributed by atoms with van der Waals surface area (Å²) in [6.07, 6.45) is 5.25. The van der Waals surface area contributed by atoms with Crippen LogP contribution in [0.5, 0.6) is 0 Å². The smallest absolute Gasteiger partial charge is 0.347 e. The molecule has 4 nitrogen and oxygen atoms in total. The van der Waals surface area contributed by atoms with Crippen LogP contribution in [0.15, 0.2) is 12.4 Å². The van der Waals surface area contributed by atoms with Crippen molar-refractivity contribution in [2.45, 2.75) is 25.9 Å². The Morgan fingerprint density at radius 1 is 1.54 bits per heavy atom. The van der Waals surface area contributed by atoms with Crippen molar-refractivity contribution in [3.63, 3.8) is 0 Å². The lowest BCUT2D eigenvalue weighted by Crippen LogP contribution is -2.43. The Kier molecular flexibility index (Phi) is 3.17. The number of unbranched alkanes of at least 4 members (excludes halogenated alkanes) is 1. The molecule has 13 heavy (non-hydrogen) atoms. The molecule has 1 aliphatic rings. The molecule has 0 fully saturated rings. The average Bonchev–Trinajstić information content (AvgIpc) is 2.43. The van der Waals surface area contributed by atoms with Crippen molar-refractivity contribution in [2.24, 2.45) is 0 Å². The minimum absolute atomic E-state index is 0.508. The van der Waals surface area contributed by atoms with E-state index in [1.54, 1.807) is 18.1 Å². The molecule has 0 aromatic carbocycles. The summed E-state index contributed by atoms with van der Waals surface area (Å²) in [6.45, 7) is 2.91. The molecule has 1 N–H and O–H groups in total. The predicted molar refractivity (Wildman–Crippen MR) is 49.9 cm³/mol. The van der Waals surface area contributed by atoms with Crippen molar-refractivity contribution >= 4 is 5.97 Å². The zero-order valence-electron chi connectivity index (χ0n) is 8.10. The monoisotopic (exact) mass is 184 g/mol. The quantitative estimate of drug-likeness (QED) is 0.705. The number of carboxylic acid groups (broad SMARTS) is 1. The van der Waals surface area contributed by atoms with Gasteiger partial charge >= 0.3 is 5.97 Å². The van der Waals surface area contributed by atoms with E-state index in [1.807, 2.05) is 11.1 Å². The van der Waals surface area contributed by atoms with Gasteiger partial charge in [-0.25, -0.2) is 4.79 Å². The number of carbonyl (C=O) groups is 1. The van der Waals surface area contributed by atoms with Crippen molar-refractivity contribution in [3.8, 4) is 0 Å². The number of nitrogens with zero attached hydrogens (tertiary/aromatic N) is 2. The fraction of sp³-hybridized carbons (Fsp3) is 0.667. The van der Waals surface area contributed by atoms with Gasteiger partial charge in [-0.3, -0.25) is 0 Å². The van der Waals surface area contributed by atoms with Gasteiger partial charge in [0.1, 0.15) is 0 Å². The second-order valence-corrected chi connectivity index (χ2v) is 3.27. The molecular weight excluding hydrogens is 168 g/mol. The maximum Gasteiger partial charge on any atom is 0.347 e. The van der Waals surface area contributed by atoms with E-state index in [1.165, 1.54) is 0 Å². The molecule has 0 saturated heterocycles. The number of likely N-dealkylation sites (N-methyl/N-ethyl adjacent to an activating group) is 1. The molecule has 0 saturated carbocycles. The van der Waals surface area contributed by atoms with E-state index < -0.39 is 12.1 Å². The Balaban J connectivity index is 2.53. The summed E-state index contributed by atoms with van der Waals surface area (Å²) in [5, 5.41) is 8.93. The molecule has 1 unspecified atom stereocenters. The molecular formula is C9H16N2O2. The number of rotatable bonds is 4. The van der Waals surface area contributed by atoms with Crippen molar-refractivity contribution in [2.75, 3.05) is 13.6 Å². The lowest BCUT2D eigenvalue weighted by atomic mass is 10.3. The van der Waals surface area contributed by atoms with E-state index in [0.717, 1.165) is 19.4 Å². The van der Waals surface area contributed by atoms with Crippen molar-refractivity contribution < 1.29 is 9.90 Å². The van der Waals surface area contributed by atoms with Gasteiger partial charge in [-0.15, -0.1) is 0 Å². The highest BCUT2D eigenvalue weighted by molar-refractivity contribution is 5.73. The fourth-order valence-electron chi connectivity index (χ4n) is 1.44. The van der Waals surface area contributed by atoms with Crippen molar-refractivity contribution in [3.05, 3.63) is 12.4 Å². The molecule has 1 heterocycles. The van der Waals surface area contributed by atoms with Crippen LogP contribution in [0.3, 0.4) is 0 Å². The van der Waals surface area contributed by atoms with Gasteiger partial charge in [-0.1, -0.05) is 13.3 Å². The highest BCUT2D eigenvalue weighted by atomic mass is 16.4. The lowest BCUT2D eigenvalue weighted by molar-refractivity contribution is -0.146. The van der Waals surface area contributed by atoms with Crippen LogP contribution in [0.2, 0.25) is 0 Å². The Morgan fingerprint density at radius 2 is 2.23 bits per heavy atom. The molecule has 1 atom stereocenters. The second-order valence-electron chi connectivity index (χ2n) is 3.27. The normalized spacial score (nSPS) is 21.2. The van der Waals surface area contributed by atoms with Crippen LogP contribution in [0, 0.1) is 0 Å². The van der Waals surface area contributed by atoms with Crippen molar-refractivity contribution in [1.29, 1.82) is 0 Å². The summed E-state index contributed by atoms with van der Waals surface area (Å²) in [5.41, 5.74) is 0. The van der Waals surface area contributed by atoms with Gasteiger partial charge in [0.05, 0.1) is 0 Å². The Bertz CT molecular complexity index is 216. The van der Waals surface area contributed by atoms with Gasteiger partial charge in [-0.2, -0.15) is 0 Å². The van der Waals surface area contributed by atoms with E-state index in [4.69, 9.17) is 5.11 Å². The summed E-state index contributed by atoms with van der Waals surface area (Å²) in [4.78, 5) is 14.4. The van der Waals surface area contributed by atoms with Gasteiger partial charge < -0.3 is 14.9 Å². The van der Waals surface area contributed by atoms with E-state index >= 15 is 0 Å². The minimum Gasteiger partial charge on any atom is -0.478 e. The van der Waals surface area contributed by atoms with Crippen LogP contribution in [0.4, 0.5) is 0 Å². The standard InChI is InChI=1S/C9H16N2O2/c1-3-4-5-11-7-6-10(2)8(11)9(12)13/h6-8H,3-5H2,1-2H3,(H,12,13). The minimum atomic E-state index is -0.788. The SMILES string of the molecule is CCCCN1C=CN(C)C1C(=O)O. The van der Waals surface area contributed by atoms with Crippen LogP contribution in [-0.4, -0.2) is 40.6 Å². The van der Waals surface area contributed by atoms with Gasteiger partial charge in [0.2, 0.25) is 6.17 Å². The largest absolute Gasteiger partial charge is 0.478 e. The Hall–Kier alpha value is -1.19. The molecule has 0 radical (unpaired) electrons. The molecule has 0 spiro atoms. The van der Waals surface area contributed by atoms with E-state index in [-0.39, 0.29) is 0 Å². The van der Waals surface area contributed by atoms with Gasteiger partial charge in [-0.05, 0) is 6.42 Å². The first-order chi connectivity index (χ1) is 6.16. The van der Waals surface area contributed by atoms with E-state index in [0.29, 0.717) is 0 Å². The zero-order chi connectivity index (χ0) is 9.84. The summed E-state index contributed by atoms with van der Waals surface area (Å²) in [7, 11) is 1.78. The predicted octanol–water partition coefficient (Wildman–Crippen LogP) is 0.916. The van der Waals surface area contributed by atoms with Gasteiger partial charge in [0.25, 0.3) is 0 Å². The summed E-state index contributed by atoms with van der Waals surface area (Å²) >= 11 is 0. The van der Waals surface area contributed by atoms with E-state index in [9.17, 15) is 4.79 Å². The first-order valence-electron chi connectivity index (χ1n) is 4.55. The second kappa shape index (κ2) is 4.16. The highest BCUT2D eigenvalue weighted by Gasteiger charge is 2.29. The van der Waals surface area contributed by atoms with E-state index in [2.05, 4.69) is 6.92 Å². The third-order valence-corrected chi connectivity index (χ3v) is 2.18.